The van der Waals surface area contributed by atoms with Gasteiger partial charge in [0, 0.05) is 5.82 Å². The number of anilines is 1. The van der Waals surface area contributed by atoms with Crippen molar-refractivity contribution in [1.29, 1.82) is 0 Å². The number of imidazole rings is 1. The van der Waals surface area contributed by atoms with E-state index in [2.05, 4.69) is 15.0 Å². The molecule has 1 aliphatic heterocycles. The second-order valence-electron chi connectivity index (χ2n) is 9.66. The van der Waals surface area contributed by atoms with E-state index >= 15 is 0 Å². The zero-order chi connectivity index (χ0) is 31.1. The van der Waals surface area contributed by atoms with Crippen LogP contribution in [0.25, 0.3) is 11.2 Å². The molecule has 1 saturated heterocycles. The Kier molecular flexibility index (Phi) is 9.81. The highest BCUT2D eigenvalue weighted by atomic mass is 31.2. The Labute approximate surface area is 253 Å². The number of ether oxygens (including phenoxy) is 3. The first-order valence-electron chi connectivity index (χ1n) is 14.0. The fourth-order valence-corrected chi connectivity index (χ4v) is 6.16. The summed E-state index contributed by atoms with van der Waals surface area (Å²) in [6.07, 6.45) is 1.33. The van der Waals surface area contributed by atoms with E-state index in [1.165, 1.54) is 24.5 Å². The van der Waals surface area contributed by atoms with Crippen LogP contribution in [0.2, 0.25) is 0 Å². The maximum atomic E-state index is 13.4. The van der Waals surface area contributed by atoms with Gasteiger partial charge in [0.2, 0.25) is 0 Å². The molecule has 2 N–H and O–H groups in total. The van der Waals surface area contributed by atoms with Crippen LogP contribution in [0.3, 0.4) is 0 Å². The SMILES string of the molecule is CCOP(=O)(C=C[C@H]1O[C@@H](n2cnc3c(N)ncnc32)[C@H](OC(=O)c2ccccc2)[C@@H]1COC(=O)c1ccccc1)OCC. The molecule has 0 radical (unpaired) electrons. The number of rotatable bonds is 12. The van der Waals surface area contributed by atoms with Gasteiger partial charge >= 0.3 is 19.5 Å². The quantitative estimate of drug-likeness (QED) is 0.170. The molecule has 14 heteroatoms. The average Bonchev–Trinajstić information content (AvgIpc) is 3.62. The van der Waals surface area contributed by atoms with Gasteiger partial charge < -0.3 is 29.0 Å². The van der Waals surface area contributed by atoms with Crippen LogP contribution in [0, 0.1) is 5.92 Å². The van der Waals surface area contributed by atoms with Gasteiger partial charge in [-0.05, 0) is 44.2 Å². The van der Waals surface area contributed by atoms with Gasteiger partial charge in [0.15, 0.2) is 23.8 Å². The van der Waals surface area contributed by atoms with E-state index in [9.17, 15) is 14.2 Å². The number of nitrogen functional groups attached to an aromatic ring is 1. The summed E-state index contributed by atoms with van der Waals surface area (Å²) in [5.41, 5.74) is 7.34. The van der Waals surface area contributed by atoms with E-state index in [1.54, 1.807) is 79.1 Å². The van der Waals surface area contributed by atoms with Crippen LogP contribution in [-0.4, -0.2) is 63.5 Å². The summed E-state index contributed by atoms with van der Waals surface area (Å²) in [6, 6.07) is 16.9. The van der Waals surface area contributed by atoms with Crippen molar-refractivity contribution < 1.29 is 37.4 Å². The lowest BCUT2D eigenvalue weighted by atomic mass is 9.98. The Balaban J connectivity index is 1.55. The number of esters is 2. The summed E-state index contributed by atoms with van der Waals surface area (Å²) < 4.78 is 43.9. The Bertz CT molecular complexity index is 1660. The van der Waals surface area contributed by atoms with Crippen LogP contribution in [0.5, 0.6) is 0 Å². The van der Waals surface area contributed by atoms with Crippen LogP contribution in [0.4, 0.5) is 5.82 Å². The lowest BCUT2D eigenvalue weighted by molar-refractivity contribution is -0.0408. The molecule has 1 aliphatic rings. The normalized spacial score (nSPS) is 20.2. The van der Waals surface area contributed by atoms with Gasteiger partial charge in [-0.2, -0.15) is 0 Å². The summed E-state index contributed by atoms with van der Waals surface area (Å²) >= 11 is 0. The molecule has 0 saturated carbocycles. The molecular formula is C30H32N5O8P. The second kappa shape index (κ2) is 13.9. The summed E-state index contributed by atoms with van der Waals surface area (Å²) in [5, 5.41) is 0. The molecular weight excluding hydrogens is 589 g/mol. The van der Waals surface area contributed by atoms with Gasteiger partial charge in [-0.25, -0.2) is 24.5 Å². The lowest BCUT2D eigenvalue weighted by Gasteiger charge is -2.24. The maximum Gasteiger partial charge on any atom is 0.353 e. The third-order valence-electron chi connectivity index (χ3n) is 6.83. The summed E-state index contributed by atoms with van der Waals surface area (Å²) in [4.78, 5) is 39.0. The molecule has 2 aromatic carbocycles. The summed E-state index contributed by atoms with van der Waals surface area (Å²) in [5.74, 6) is -0.510. The van der Waals surface area contributed by atoms with E-state index in [-0.39, 0.29) is 25.6 Å². The number of nitrogens with two attached hydrogens (primary N) is 1. The van der Waals surface area contributed by atoms with Crippen LogP contribution in [0.1, 0.15) is 40.8 Å². The van der Waals surface area contributed by atoms with Crippen LogP contribution in [0.15, 0.2) is 85.2 Å². The van der Waals surface area contributed by atoms with Gasteiger partial charge in [-0.1, -0.05) is 36.4 Å². The van der Waals surface area contributed by atoms with Gasteiger partial charge in [0.1, 0.15) is 18.5 Å². The van der Waals surface area contributed by atoms with Gasteiger partial charge in [0.05, 0.1) is 42.7 Å². The number of aromatic nitrogens is 4. The second-order valence-corrected chi connectivity index (χ2v) is 11.5. The van der Waals surface area contributed by atoms with Crippen molar-refractivity contribution in [2.75, 3.05) is 25.6 Å². The Morgan fingerprint density at radius 2 is 1.59 bits per heavy atom. The predicted octanol–water partition coefficient (Wildman–Crippen LogP) is 4.78. The van der Waals surface area contributed by atoms with Crippen LogP contribution < -0.4 is 5.73 Å². The van der Waals surface area contributed by atoms with Crippen molar-refractivity contribution in [2.45, 2.75) is 32.3 Å². The molecule has 13 nitrogen and oxygen atoms in total. The number of carbonyl (C=O) groups is 2. The molecule has 2 aromatic heterocycles. The number of hydrogen-bond acceptors (Lipinski definition) is 12. The van der Waals surface area contributed by atoms with Crippen LogP contribution >= 0.6 is 7.60 Å². The molecule has 5 rings (SSSR count). The number of carbonyl (C=O) groups excluding carboxylic acids is 2. The molecule has 3 heterocycles. The summed E-state index contributed by atoms with van der Waals surface area (Å²) in [6.45, 7) is 3.47. The first kappa shape index (κ1) is 31.0. The minimum atomic E-state index is -3.64. The highest BCUT2D eigenvalue weighted by Gasteiger charge is 2.49. The average molecular weight is 622 g/mol. The molecule has 0 aliphatic carbocycles. The predicted molar refractivity (Wildman–Crippen MR) is 160 cm³/mol. The van der Waals surface area contributed by atoms with Crippen LogP contribution in [-0.2, 0) is 27.8 Å². The van der Waals surface area contributed by atoms with E-state index in [0.717, 1.165) is 0 Å². The monoisotopic (exact) mass is 621 g/mol. The Hall–Kier alpha value is -4.42. The van der Waals surface area contributed by atoms with Crippen molar-refractivity contribution >= 4 is 36.5 Å². The highest BCUT2D eigenvalue weighted by molar-refractivity contribution is 7.57. The standard InChI is InChI=1S/C30H32N5O8P/c1-3-40-44(38,41-4-2)16-15-23-22(17-39-29(36)20-11-7-5-8-12-20)25(43-30(37)21-13-9-6-10-14-21)28(42-23)35-19-34-24-26(31)32-18-33-27(24)35/h5-16,18-19,22-23,25,28H,3-4,17H2,1-2H3,(H2,31,32,33)/t22-,23-,25-,28-/m1/s1. The third kappa shape index (κ3) is 6.87. The minimum Gasteiger partial charge on any atom is -0.462 e. The van der Waals surface area contributed by atoms with E-state index in [1.807, 2.05) is 0 Å². The van der Waals surface area contributed by atoms with E-state index in [0.29, 0.717) is 22.3 Å². The van der Waals surface area contributed by atoms with Gasteiger partial charge in [-0.15, -0.1) is 0 Å². The fourth-order valence-electron chi connectivity index (χ4n) is 4.81. The Morgan fingerprint density at radius 3 is 2.23 bits per heavy atom. The van der Waals surface area contributed by atoms with E-state index < -0.39 is 43.9 Å². The smallest absolute Gasteiger partial charge is 0.353 e. The van der Waals surface area contributed by atoms with Gasteiger partial charge in [-0.3, -0.25) is 9.13 Å². The molecule has 0 amide bonds. The zero-order valence-corrected chi connectivity index (χ0v) is 25.0. The molecule has 0 spiro atoms. The van der Waals surface area contributed by atoms with Crippen molar-refractivity contribution in [3.05, 3.63) is 96.3 Å². The summed E-state index contributed by atoms with van der Waals surface area (Å²) in [7, 11) is -3.64. The highest BCUT2D eigenvalue weighted by Crippen LogP contribution is 2.50. The number of hydrogen-bond donors (Lipinski definition) is 1. The number of benzene rings is 2. The molecule has 1 fully saturated rings. The molecule has 0 bridgehead atoms. The molecule has 4 atom stereocenters. The molecule has 0 unspecified atom stereocenters. The van der Waals surface area contributed by atoms with E-state index in [4.69, 9.17) is 29.0 Å². The molecule has 230 valence electrons. The lowest BCUT2D eigenvalue weighted by Crippen LogP contribution is -2.35. The van der Waals surface area contributed by atoms with Crippen molar-refractivity contribution in [3.63, 3.8) is 0 Å². The van der Waals surface area contributed by atoms with Crippen molar-refractivity contribution in [3.8, 4) is 0 Å². The topological polar surface area (TPSA) is 167 Å². The maximum absolute atomic E-state index is 13.4. The minimum absolute atomic E-state index is 0.146. The Morgan fingerprint density at radius 1 is 0.955 bits per heavy atom. The largest absolute Gasteiger partial charge is 0.462 e. The number of nitrogens with zero attached hydrogens (tertiary/aromatic N) is 4. The van der Waals surface area contributed by atoms with Crippen molar-refractivity contribution in [2.24, 2.45) is 5.92 Å². The fraction of sp³-hybridized carbons (Fsp3) is 0.300. The first-order chi connectivity index (χ1) is 21.3. The first-order valence-corrected chi connectivity index (χ1v) is 15.6. The van der Waals surface area contributed by atoms with Gasteiger partial charge in [0.25, 0.3) is 0 Å². The molecule has 44 heavy (non-hydrogen) atoms. The zero-order valence-electron chi connectivity index (χ0n) is 24.1. The van der Waals surface area contributed by atoms with Crippen molar-refractivity contribution in [1.82, 2.24) is 19.5 Å². The molecule has 4 aromatic rings. The number of fused-ring (bicyclic) bond motifs is 1. The third-order valence-corrected chi connectivity index (χ3v) is 8.60.